The molecule has 4 rings (SSSR count). The quantitative estimate of drug-likeness (QED) is 0.404. The molecule has 0 amide bonds. The van der Waals surface area contributed by atoms with Crippen LogP contribution in [0.4, 0.5) is 5.82 Å². The Labute approximate surface area is 206 Å². The third-order valence-electron chi connectivity index (χ3n) is 6.48. The molecule has 1 aromatic heterocycles. The van der Waals surface area contributed by atoms with Crippen LogP contribution in [-0.4, -0.2) is 48.2 Å². The largest absolute Gasteiger partial charge is 0.355 e. The highest BCUT2D eigenvalue weighted by molar-refractivity contribution is 7.89. The van der Waals surface area contributed by atoms with Crippen LogP contribution in [0.2, 0.25) is 10.0 Å². The second-order valence-electron chi connectivity index (χ2n) is 8.49. The molecule has 0 bridgehead atoms. The average Bonchev–Trinajstić information content (AvgIpc) is 3.15. The number of fused-ring (bicyclic) bond motifs is 1. The van der Waals surface area contributed by atoms with Crippen molar-refractivity contribution in [2.75, 3.05) is 24.5 Å². The first-order valence-corrected chi connectivity index (χ1v) is 13.7. The Morgan fingerprint density at radius 1 is 1.09 bits per heavy atom. The maximum absolute atomic E-state index is 13.5. The third-order valence-corrected chi connectivity index (χ3v) is 9.20. The predicted molar refractivity (Wildman–Crippen MR) is 136 cm³/mol. The van der Waals surface area contributed by atoms with Crippen LogP contribution in [-0.2, 0) is 16.6 Å². The molecule has 1 aliphatic heterocycles. The van der Waals surface area contributed by atoms with E-state index in [9.17, 15) is 8.42 Å². The minimum atomic E-state index is -3.59. The van der Waals surface area contributed by atoms with Crippen LogP contribution in [0.15, 0.2) is 41.3 Å². The Morgan fingerprint density at radius 2 is 1.79 bits per heavy atom. The fraction of sp³-hybridized carbons (Fsp3) is 0.458. The van der Waals surface area contributed by atoms with E-state index in [1.54, 1.807) is 16.4 Å². The molecule has 1 fully saturated rings. The van der Waals surface area contributed by atoms with Gasteiger partial charge in [0.25, 0.3) is 0 Å². The van der Waals surface area contributed by atoms with Gasteiger partial charge in [0.1, 0.15) is 0 Å². The number of halogens is 2. The van der Waals surface area contributed by atoms with Gasteiger partial charge in [0.05, 0.1) is 17.0 Å². The molecule has 0 N–H and O–H groups in total. The van der Waals surface area contributed by atoms with Crippen LogP contribution < -0.4 is 4.90 Å². The summed E-state index contributed by atoms with van der Waals surface area (Å²) in [6.07, 6.45) is 2.85. The molecule has 2 heterocycles. The monoisotopic (exact) mass is 508 g/mol. The van der Waals surface area contributed by atoms with Crippen molar-refractivity contribution in [1.29, 1.82) is 0 Å². The number of rotatable bonds is 7. The smallest absolute Gasteiger partial charge is 0.243 e. The molecule has 33 heavy (non-hydrogen) atoms. The van der Waals surface area contributed by atoms with Gasteiger partial charge in [-0.3, -0.25) is 4.68 Å². The SMILES string of the molecule is CCN(CC)c1nn(Cc2c(Cl)cccc2Cl)c2ccc(S(=O)(=O)N3CCCCC3C)cc12. The van der Waals surface area contributed by atoms with Gasteiger partial charge in [-0.05, 0) is 63.9 Å². The zero-order valence-corrected chi connectivity index (χ0v) is 21.6. The van der Waals surface area contributed by atoms with Gasteiger partial charge >= 0.3 is 0 Å². The van der Waals surface area contributed by atoms with Gasteiger partial charge in [0.2, 0.25) is 10.0 Å². The minimum absolute atomic E-state index is 0.00628. The summed E-state index contributed by atoms with van der Waals surface area (Å²) in [5.74, 6) is 0.766. The molecule has 1 atom stereocenters. The first-order valence-electron chi connectivity index (χ1n) is 11.5. The topological polar surface area (TPSA) is 58.4 Å². The van der Waals surface area contributed by atoms with E-state index in [0.29, 0.717) is 28.0 Å². The molecule has 6 nitrogen and oxygen atoms in total. The summed E-state index contributed by atoms with van der Waals surface area (Å²) < 4.78 is 30.5. The van der Waals surface area contributed by atoms with E-state index in [1.807, 2.05) is 35.9 Å². The third kappa shape index (κ3) is 4.61. The van der Waals surface area contributed by atoms with Crippen LogP contribution in [0, 0.1) is 0 Å². The molecule has 178 valence electrons. The van der Waals surface area contributed by atoms with Crippen molar-refractivity contribution in [2.24, 2.45) is 0 Å². The first-order chi connectivity index (χ1) is 15.8. The number of hydrogen-bond acceptors (Lipinski definition) is 4. The highest BCUT2D eigenvalue weighted by Gasteiger charge is 2.31. The van der Waals surface area contributed by atoms with Crippen LogP contribution in [0.1, 0.15) is 45.6 Å². The average molecular weight is 510 g/mol. The fourth-order valence-corrected chi connectivity index (χ4v) is 6.82. The number of piperidine rings is 1. The van der Waals surface area contributed by atoms with Crippen LogP contribution in [0.25, 0.3) is 10.9 Å². The van der Waals surface area contributed by atoms with E-state index < -0.39 is 10.0 Å². The lowest BCUT2D eigenvalue weighted by Crippen LogP contribution is -2.41. The second-order valence-corrected chi connectivity index (χ2v) is 11.2. The second kappa shape index (κ2) is 9.82. The van der Waals surface area contributed by atoms with E-state index >= 15 is 0 Å². The predicted octanol–water partition coefficient (Wildman–Crippen LogP) is 5.80. The molecule has 9 heteroatoms. The van der Waals surface area contributed by atoms with Gasteiger partial charge in [0, 0.05) is 46.7 Å². The first kappa shape index (κ1) is 24.3. The van der Waals surface area contributed by atoms with Gasteiger partial charge in [-0.15, -0.1) is 0 Å². The van der Waals surface area contributed by atoms with Crippen molar-refractivity contribution in [1.82, 2.24) is 14.1 Å². The summed E-state index contributed by atoms with van der Waals surface area (Å²) in [7, 11) is -3.59. The Kier molecular flexibility index (Phi) is 7.24. The normalized spacial score (nSPS) is 17.5. The van der Waals surface area contributed by atoms with Gasteiger partial charge in [-0.1, -0.05) is 35.7 Å². The van der Waals surface area contributed by atoms with E-state index in [-0.39, 0.29) is 6.04 Å². The van der Waals surface area contributed by atoms with E-state index in [2.05, 4.69) is 18.7 Å². The van der Waals surface area contributed by atoms with Gasteiger partial charge < -0.3 is 4.90 Å². The molecular weight excluding hydrogens is 479 g/mol. The van der Waals surface area contributed by atoms with Crippen LogP contribution >= 0.6 is 23.2 Å². The molecule has 1 aliphatic rings. The molecule has 0 spiro atoms. The van der Waals surface area contributed by atoms with Gasteiger partial charge in [-0.25, -0.2) is 8.42 Å². The summed E-state index contributed by atoms with van der Waals surface area (Å²) in [5, 5.41) is 6.84. The minimum Gasteiger partial charge on any atom is -0.355 e. The number of anilines is 1. The lowest BCUT2D eigenvalue weighted by Gasteiger charge is -2.32. The van der Waals surface area contributed by atoms with Crippen LogP contribution in [0.3, 0.4) is 0 Å². The Hall–Kier alpha value is -1.80. The van der Waals surface area contributed by atoms with Crippen molar-refractivity contribution in [2.45, 2.75) is 57.5 Å². The Balaban J connectivity index is 1.84. The van der Waals surface area contributed by atoms with Crippen LogP contribution in [0.5, 0.6) is 0 Å². The lowest BCUT2D eigenvalue weighted by molar-refractivity contribution is 0.268. The lowest BCUT2D eigenvalue weighted by atomic mass is 10.1. The van der Waals surface area contributed by atoms with Crippen molar-refractivity contribution >= 4 is 49.9 Å². The van der Waals surface area contributed by atoms with E-state index in [1.165, 1.54) is 0 Å². The van der Waals surface area contributed by atoms with Gasteiger partial charge in [0.15, 0.2) is 5.82 Å². The summed E-state index contributed by atoms with van der Waals surface area (Å²) >= 11 is 12.8. The molecule has 2 aromatic carbocycles. The molecular formula is C24H30Cl2N4O2S. The zero-order chi connectivity index (χ0) is 23.8. The molecule has 0 radical (unpaired) electrons. The van der Waals surface area contributed by atoms with Gasteiger partial charge in [-0.2, -0.15) is 9.40 Å². The molecule has 0 aliphatic carbocycles. The molecule has 3 aromatic rings. The van der Waals surface area contributed by atoms with Crippen molar-refractivity contribution < 1.29 is 8.42 Å². The van der Waals surface area contributed by atoms with Crippen molar-refractivity contribution in [3.63, 3.8) is 0 Å². The Bertz CT molecular complexity index is 1230. The maximum atomic E-state index is 13.5. The summed E-state index contributed by atoms with van der Waals surface area (Å²) in [6, 6.07) is 10.8. The Morgan fingerprint density at radius 3 is 2.42 bits per heavy atom. The van der Waals surface area contributed by atoms with Crippen molar-refractivity contribution in [3.05, 3.63) is 52.0 Å². The number of nitrogens with zero attached hydrogens (tertiary/aromatic N) is 4. The molecule has 0 saturated carbocycles. The summed E-state index contributed by atoms with van der Waals surface area (Å²) in [5.41, 5.74) is 1.63. The molecule has 1 saturated heterocycles. The number of aromatic nitrogens is 2. The van der Waals surface area contributed by atoms with Crippen molar-refractivity contribution in [3.8, 4) is 0 Å². The summed E-state index contributed by atoms with van der Waals surface area (Å²) in [4.78, 5) is 2.44. The standard InChI is InChI=1S/C24H30Cl2N4O2S/c1-4-28(5-2)24-19-15-18(33(31,32)30-14-7-6-9-17(30)3)12-13-23(19)29(27-24)16-20-21(25)10-8-11-22(20)26/h8,10-13,15,17H,4-7,9,14,16H2,1-3H3. The highest BCUT2D eigenvalue weighted by Crippen LogP contribution is 2.33. The van der Waals surface area contributed by atoms with E-state index in [0.717, 1.165) is 54.6 Å². The number of benzene rings is 2. The number of sulfonamides is 1. The van der Waals surface area contributed by atoms with E-state index in [4.69, 9.17) is 28.3 Å². The zero-order valence-electron chi connectivity index (χ0n) is 19.3. The number of hydrogen-bond donors (Lipinski definition) is 0. The fourth-order valence-electron chi connectivity index (χ4n) is 4.58. The summed E-state index contributed by atoms with van der Waals surface area (Å²) in [6.45, 7) is 8.60. The molecule has 1 unspecified atom stereocenters. The highest BCUT2D eigenvalue weighted by atomic mass is 35.5. The maximum Gasteiger partial charge on any atom is 0.243 e.